The van der Waals surface area contributed by atoms with Gasteiger partial charge in [-0.05, 0) is 49.9 Å². The number of nitrogens with one attached hydrogen (secondary N) is 2. The molecule has 2 heterocycles. The van der Waals surface area contributed by atoms with E-state index in [9.17, 15) is 14.7 Å². The van der Waals surface area contributed by atoms with E-state index in [0.717, 1.165) is 24.1 Å². The third kappa shape index (κ3) is 4.94. The first-order chi connectivity index (χ1) is 15.5. The number of nitrogens with zero attached hydrogens (tertiary/aromatic N) is 2. The molecule has 0 aromatic heterocycles. The maximum absolute atomic E-state index is 13.0. The summed E-state index contributed by atoms with van der Waals surface area (Å²) < 4.78 is 0. The largest absolute Gasteiger partial charge is 0.396 e. The number of amides is 2. The van der Waals surface area contributed by atoms with Gasteiger partial charge in [-0.25, -0.2) is 4.99 Å². The number of rotatable bonds is 5. The van der Waals surface area contributed by atoms with Crippen LogP contribution in [0, 0.1) is 5.92 Å². The molecule has 2 aromatic rings. The summed E-state index contributed by atoms with van der Waals surface area (Å²) in [6.45, 7) is 3.41. The molecule has 2 atom stereocenters. The maximum atomic E-state index is 13.0. The van der Waals surface area contributed by atoms with Gasteiger partial charge >= 0.3 is 0 Å². The van der Waals surface area contributed by atoms with E-state index in [1.54, 1.807) is 6.21 Å². The second-order valence-electron chi connectivity index (χ2n) is 8.41. The summed E-state index contributed by atoms with van der Waals surface area (Å²) >= 11 is 0. The van der Waals surface area contributed by atoms with Crippen molar-refractivity contribution in [2.45, 2.75) is 31.8 Å². The lowest BCUT2D eigenvalue weighted by Gasteiger charge is -2.31. The fourth-order valence-electron chi connectivity index (χ4n) is 4.09. The third-order valence-corrected chi connectivity index (χ3v) is 6.11. The Hall–Kier alpha value is -3.32. The van der Waals surface area contributed by atoms with Crippen molar-refractivity contribution in [3.63, 3.8) is 0 Å². The van der Waals surface area contributed by atoms with Crippen molar-refractivity contribution < 1.29 is 19.7 Å². The molecule has 32 heavy (non-hydrogen) atoms. The first-order valence-electron chi connectivity index (χ1n) is 11.1. The second-order valence-corrected chi connectivity index (χ2v) is 8.41. The first kappa shape index (κ1) is 21.9. The summed E-state index contributed by atoms with van der Waals surface area (Å²) in [5, 5.41) is 12.2. The number of benzene rings is 2. The second kappa shape index (κ2) is 9.87. The molecule has 4 rings (SSSR count). The number of anilines is 1. The number of aliphatic imine (C=N–C) groups is 1. The van der Waals surface area contributed by atoms with Gasteiger partial charge in [0.05, 0.1) is 0 Å². The highest BCUT2D eigenvalue weighted by atomic mass is 16.3. The molecule has 7 nitrogen and oxygen atoms in total. The van der Waals surface area contributed by atoms with Crippen molar-refractivity contribution in [3.8, 4) is 0 Å². The molecular formula is C25H29N4O3+. The normalized spacial score (nSPS) is 21.2. The lowest BCUT2D eigenvalue weighted by atomic mass is 9.97. The van der Waals surface area contributed by atoms with Gasteiger partial charge in [0.25, 0.3) is 11.8 Å². The Kier molecular flexibility index (Phi) is 6.75. The molecular weight excluding hydrogens is 404 g/mol. The molecule has 2 aliphatic rings. The summed E-state index contributed by atoms with van der Waals surface area (Å²) in [6.07, 6.45) is 3.44. The molecule has 2 aliphatic heterocycles. The topological polar surface area (TPSA) is 96.0 Å². The standard InChI is InChI=1S/C25H28N4O3/c1-17-23(24(31)27-21-8-3-2-4-9-21)28-22(15-26-17)19-6-5-7-20(14-19)25(32)29-12-10-18(16-30)11-13-29/h2-9,14-15,17-18,23,30H,10-13,16H2,1H3,(H,27,31)/p+1. The first-order valence-corrected chi connectivity index (χ1v) is 11.1. The number of carbonyl (C=O) groups is 2. The highest BCUT2D eigenvalue weighted by Crippen LogP contribution is 2.19. The maximum Gasteiger partial charge on any atom is 0.256 e. The van der Waals surface area contributed by atoms with Gasteiger partial charge in [-0.1, -0.05) is 30.3 Å². The van der Waals surface area contributed by atoms with Crippen molar-refractivity contribution in [1.82, 2.24) is 4.90 Å². The van der Waals surface area contributed by atoms with Crippen LogP contribution in [0.2, 0.25) is 0 Å². The highest BCUT2D eigenvalue weighted by molar-refractivity contribution is 6.37. The van der Waals surface area contributed by atoms with Gasteiger partial charge in [0.1, 0.15) is 5.71 Å². The van der Waals surface area contributed by atoms with Gasteiger partial charge in [0.15, 0.2) is 18.3 Å². The van der Waals surface area contributed by atoms with Crippen LogP contribution in [0.15, 0.2) is 59.6 Å². The molecule has 166 valence electrons. The number of aliphatic hydroxyl groups excluding tert-OH is 1. The number of para-hydroxylation sites is 1. The summed E-state index contributed by atoms with van der Waals surface area (Å²) in [7, 11) is 0. The molecule has 7 heteroatoms. The summed E-state index contributed by atoms with van der Waals surface area (Å²) in [5.41, 5.74) is 2.77. The van der Waals surface area contributed by atoms with Crippen molar-refractivity contribution in [3.05, 3.63) is 65.7 Å². The van der Waals surface area contributed by atoms with Crippen molar-refractivity contribution in [2.75, 3.05) is 25.0 Å². The highest BCUT2D eigenvalue weighted by Gasteiger charge is 2.32. The average molecular weight is 434 g/mol. The van der Waals surface area contributed by atoms with Crippen molar-refractivity contribution in [1.29, 1.82) is 0 Å². The minimum Gasteiger partial charge on any atom is -0.396 e. The predicted molar refractivity (Wildman–Crippen MR) is 124 cm³/mol. The molecule has 0 spiro atoms. The number of hydrogen-bond donors (Lipinski definition) is 3. The molecule has 0 radical (unpaired) electrons. The zero-order chi connectivity index (χ0) is 22.5. The zero-order valence-electron chi connectivity index (χ0n) is 18.2. The lowest BCUT2D eigenvalue weighted by molar-refractivity contribution is -0.494. The average Bonchev–Trinajstić information content (AvgIpc) is 2.84. The van der Waals surface area contributed by atoms with Crippen LogP contribution < -0.4 is 10.3 Å². The number of piperidine rings is 1. The van der Waals surface area contributed by atoms with E-state index < -0.39 is 6.04 Å². The monoisotopic (exact) mass is 433 g/mol. The third-order valence-electron chi connectivity index (χ3n) is 6.11. The van der Waals surface area contributed by atoms with Crippen LogP contribution in [0.5, 0.6) is 0 Å². The Balaban J connectivity index is 1.50. The summed E-state index contributed by atoms with van der Waals surface area (Å²) in [6, 6.07) is 16.0. The molecule has 3 N–H and O–H groups in total. The van der Waals surface area contributed by atoms with Crippen LogP contribution in [0.25, 0.3) is 0 Å². The Morgan fingerprint density at radius 2 is 1.88 bits per heavy atom. The van der Waals surface area contributed by atoms with Crippen LogP contribution in [-0.4, -0.2) is 65.5 Å². The van der Waals surface area contributed by atoms with E-state index in [1.165, 1.54) is 0 Å². The fraction of sp³-hybridized carbons (Fsp3) is 0.360. The van der Waals surface area contributed by atoms with E-state index in [1.807, 2.05) is 66.4 Å². The minimum atomic E-state index is -0.591. The Labute approximate surface area is 187 Å². The number of carbonyl (C=O) groups excluding carboxylic acids is 2. The van der Waals surface area contributed by atoms with Gasteiger partial charge in [0.2, 0.25) is 0 Å². The molecule has 0 bridgehead atoms. The molecule has 1 saturated heterocycles. The van der Waals surface area contributed by atoms with E-state index >= 15 is 0 Å². The van der Waals surface area contributed by atoms with E-state index in [0.29, 0.717) is 24.4 Å². The molecule has 0 aliphatic carbocycles. The molecule has 2 unspecified atom stereocenters. The van der Waals surface area contributed by atoms with Gasteiger partial charge < -0.3 is 15.3 Å². The minimum absolute atomic E-state index is 0.0145. The number of likely N-dealkylation sites (tertiary alicyclic amines) is 1. The van der Waals surface area contributed by atoms with Gasteiger partial charge in [-0.2, -0.15) is 0 Å². The smallest absolute Gasteiger partial charge is 0.256 e. The van der Waals surface area contributed by atoms with Crippen LogP contribution >= 0.6 is 0 Å². The van der Waals surface area contributed by atoms with Gasteiger partial charge in [0, 0.05) is 36.5 Å². The summed E-state index contributed by atoms with van der Waals surface area (Å²) in [4.78, 5) is 35.6. The number of hydrogen-bond acceptors (Lipinski definition) is 4. The lowest BCUT2D eigenvalue weighted by Crippen LogP contribution is -2.82. The van der Waals surface area contributed by atoms with Gasteiger partial charge in [-0.15, -0.1) is 0 Å². The SMILES string of the molecule is CC1[NH+]=CC(c2cccc(C(=O)N3CCC(CO)CC3)c2)=NC1C(=O)Nc1ccccc1. The quantitative estimate of drug-likeness (QED) is 0.653. The molecule has 2 amide bonds. The Bertz CT molecular complexity index is 1030. The molecule has 1 fully saturated rings. The molecule has 0 saturated carbocycles. The molecule has 2 aromatic carbocycles. The van der Waals surface area contributed by atoms with Crippen LogP contribution in [0.3, 0.4) is 0 Å². The summed E-state index contributed by atoms with van der Waals surface area (Å²) in [5.74, 6) is 0.0868. The van der Waals surface area contributed by atoms with Crippen LogP contribution in [-0.2, 0) is 4.79 Å². The Morgan fingerprint density at radius 3 is 2.59 bits per heavy atom. The number of aliphatic hydroxyl groups is 1. The van der Waals surface area contributed by atoms with Crippen LogP contribution in [0.4, 0.5) is 5.69 Å². The van der Waals surface area contributed by atoms with Crippen LogP contribution in [0.1, 0.15) is 35.7 Å². The predicted octanol–water partition coefficient (Wildman–Crippen LogP) is 0.881. The van der Waals surface area contributed by atoms with Crippen molar-refractivity contribution >= 4 is 29.4 Å². The van der Waals surface area contributed by atoms with E-state index in [-0.39, 0.29) is 30.4 Å². The van der Waals surface area contributed by atoms with E-state index in [4.69, 9.17) is 4.99 Å². The Morgan fingerprint density at radius 1 is 1.12 bits per heavy atom. The van der Waals surface area contributed by atoms with Gasteiger partial charge in [-0.3, -0.25) is 14.6 Å². The fourth-order valence-corrected chi connectivity index (χ4v) is 4.09. The zero-order valence-corrected chi connectivity index (χ0v) is 18.2. The van der Waals surface area contributed by atoms with Crippen molar-refractivity contribution in [2.24, 2.45) is 10.9 Å². The van der Waals surface area contributed by atoms with E-state index in [2.05, 4.69) is 10.3 Å².